The molecule has 0 aliphatic rings. The van der Waals surface area contributed by atoms with E-state index < -0.39 is 17.9 Å². The van der Waals surface area contributed by atoms with Crippen LogP contribution in [0.3, 0.4) is 0 Å². The molecule has 0 spiro atoms. The van der Waals surface area contributed by atoms with Gasteiger partial charge in [-0.15, -0.1) is 0 Å². The second-order valence-electron chi connectivity index (χ2n) is 6.13. The second-order valence-corrected chi connectivity index (χ2v) is 6.13. The molecule has 0 fully saturated rings. The Hall–Kier alpha value is -3.55. The van der Waals surface area contributed by atoms with Crippen molar-refractivity contribution in [1.82, 2.24) is 14.7 Å². The van der Waals surface area contributed by atoms with Crippen LogP contribution in [0.2, 0.25) is 0 Å². The van der Waals surface area contributed by atoms with Crippen molar-refractivity contribution in [3.63, 3.8) is 0 Å². The third-order valence-electron chi connectivity index (χ3n) is 4.33. The molecule has 0 aliphatic heterocycles. The molecule has 27 heavy (non-hydrogen) atoms. The van der Waals surface area contributed by atoms with Crippen LogP contribution < -0.4 is 16.2 Å². The summed E-state index contributed by atoms with van der Waals surface area (Å²) in [4.78, 5) is 37.3. The molecule has 1 unspecified atom stereocenters. The number of furan rings is 1. The van der Waals surface area contributed by atoms with Crippen molar-refractivity contribution in [2.24, 2.45) is 7.05 Å². The quantitative estimate of drug-likeness (QED) is 0.718. The molecule has 3 rings (SSSR count). The SMILES string of the molecule is Cc1c(NC(=O)C(C)NC(=O)c2ccoc2)c(=O)n(-c2ccccc2)n1C. The first kappa shape index (κ1) is 18.2. The molecular formula is C19H20N4O4. The average molecular weight is 368 g/mol. The lowest BCUT2D eigenvalue weighted by Crippen LogP contribution is -2.42. The standard InChI is InChI=1S/C19H20N4O4/c1-12(20-18(25)14-9-10-27-11-14)17(24)21-16-13(2)22(3)23(19(16)26)15-7-5-4-6-8-15/h4-12H,1-3H3,(H,20,25)(H,21,24). The first-order valence-corrected chi connectivity index (χ1v) is 8.38. The minimum atomic E-state index is -0.836. The molecular weight excluding hydrogens is 348 g/mol. The lowest BCUT2D eigenvalue weighted by molar-refractivity contribution is -0.117. The third kappa shape index (κ3) is 3.55. The Morgan fingerprint density at radius 2 is 1.85 bits per heavy atom. The molecule has 1 atom stereocenters. The van der Waals surface area contributed by atoms with Crippen LogP contribution in [0.15, 0.2) is 58.1 Å². The van der Waals surface area contributed by atoms with Gasteiger partial charge in [0.1, 0.15) is 18.0 Å². The maximum absolute atomic E-state index is 12.8. The monoisotopic (exact) mass is 368 g/mol. The Labute approximate surface area is 155 Å². The summed E-state index contributed by atoms with van der Waals surface area (Å²) in [6.07, 6.45) is 2.67. The fourth-order valence-corrected chi connectivity index (χ4v) is 2.68. The lowest BCUT2D eigenvalue weighted by Gasteiger charge is -2.12. The molecule has 8 nitrogen and oxygen atoms in total. The van der Waals surface area contributed by atoms with Crippen LogP contribution in [0, 0.1) is 6.92 Å². The van der Waals surface area contributed by atoms with Gasteiger partial charge in [0.05, 0.1) is 23.2 Å². The molecule has 0 bridgehead atoms. The Morgan fingerprint density at radius 1 is 1.15 bits per heavy atom. The van der Waals surface area contributed by atoms with Gasteiger partial charge in [-0.2, -0.15) is 0 Å². The van der Waals surface area contributed by atoms with Crippen molar-refractivity contribution >= 4 is 17.5 Å². The van der Waals surface area contributed by atoms with E-state index in [2.05, 4.69) is 10.6 Å². The van der Waals surface area contributed by atoms with Gasteiger partial charge < -0.3 is 15.1 Å². The first-order valence-electron chi connectivity index (χ1n) is 8.38. The highest BCUT2D eigenvalue weighted by atomic mass is 16.3. The van der Waals surface area contributed by atoms with E-state index in [1.165, 1.54) is 23.3 Å². The molecule has 2 N–H and O–H groups in total. The zero-order valence-corrected chi connectivity index (χ0v) is 15.2. The number of carbonyl (C=O) groups is 2. The summed E-state index contributed by atoms with van der Waals surface area (Å²) in [5, 5.41) is 5.20. The number of para-hydroxylation sites is 1. The fraction of sp³-hybridized carbons (Fsp3) is 0.211. The van der Waals surface area contributed by atoms with Gasteiger partial charge in [0.25, 0.3) is 11.5 Å². The van der Waals surface area contributed by atoms with Crippen LogP contribution in [-0.4, -0.2) is 27.2 Å². The van der Waals surface area contributed by atoms with E-state index in [1.807, 2.05) is 18.2 Å². The number of hydrogen-bond acceptors (Lipinski definition) is 4. The number of hydrogen-bond donors (Lipinski definition) is 2. The number of rotatable bonds is 5. The summed E-state index contributed by atoms with van der Waals surface area (Å²) in [7, 11) is 1.74. The van der Waals surface area contributed by atoms with Crippen molar-refractivity contribution in [2.45, 2.75) is 19.9 Å². The second kappa shape index (κ2) is 7.36. The van der Waals surface area contributed by atoms with E-state index in [9.17, 15) is 14.4 Å². The first-order chi connectivity index (χ1) is 12.9. The fourth-order valence-electron chi connectivity index (χ4n) is 2.68. The smallest absolute Gasteiger partial charge is 0.295 e. The van der Waals surface area contributed by atoms with Gasteiger partial charge in [-0.25, -0.2) is 4.68 Å². The number of amides is 2. The highest BCUT2D eigenvalue weighted by Crippen LogP contribution is 2.14. The summed E-state index contributed by atoms with van der Waals surface area (Å²) in [5.41, 5.74) is 1.44. The van der Waals surface area contributed by atoms with Crippen LogP contribution in [0.5, 0.6) is 0 Å². The van der Waals surface area contributed by atoms with Crippen molar-refractivity contribution in [1.29, 1.82) is 0 Å². The molecule has 3 aromatic rings. The van der Waals surface area contributed by atoms with Crippen molar-refractivity contribution in [3.8, 4) is 5.69 Å². The highest BCUT2D eigenvalue weighted by Gasteiger charge is 2.22. The summed E-state index contributed by atoms with van der Waals surface area (Å²) >= 11 is 0. The largest absolute Gasteiger partial charge is 0.472 e. The van der Waals surface area contributed by atoms with E-state index in [-0.39, 0.29) is 11.2 Å². The van der Waals surface area contributed by atoms with Crippen LogP contribution >= 0.6 is 0 Å². The van der Waals surface area contributed by atoms with E-state index in [0.717, 1.165) is 0 Å². The molecule has 140 valence electrons. The van der Waals surface area contributed by atoms with E-state index in [4.69, 9.17) is 4.42 Å². The van der Waals surface area contributed by atoms with E-state index in [0.29, 0.717) is 16.9 Å². The molecule has 2 aromatic heterocycles. The minimum Gasteiger partial charge on any atom is -0.472 e. The van der Waals surface area contributed by atoms with Gasteiger partial charge >= 0.3 is 0 Å². The third-order valence-corrected chi connectivity index (χ3v) is 4.33. The maximum atomic E-state index is 12.8. The summed E-state index contributed by atoms with van der Waals surface area (Å²) in [5.74, 6) is -0.921. The van der Waals surface area contributed by atoms with Gasteiger partial charge in [0, 0.05) is 7.05 Å². The Bertz CT molecular complexity index is 1020. The summed E-state index contributed by atoms with van der Waals surface area (Å²) in [6.45, 7) is 3.28. The van der Waals surface area contributed by atoms with Crippen molar-refractivity contribution in [3.05, 3.63) is 70.5 Å². The Kier molecular flexibility index (Phi) is 4.98. The maximum Gasteiger partial charge on any atom is 0.295 e. The number of carbonyl (C=O) groups excluding carboxylic acids is 2. The Balaban J connectivity index is 1.80. The number of nitrogens with zero attached hydrogens (tertiary/aromatic N) is 2. The number of benzene rings is 1. The summed E-state index contributed by atoms with van der Waals surface area (Å²) in [6, 6.07) is 9.79. The lowest BCUT2D eigenvalue weighted by atomic mass is 10.2. The highest BCUT2D eigenvalue weighted by molar-refractivity contribution is 6.00. The van der Waals surface area contributed by atoms with Crippen LogP contribution in [0.25, 0.3) is 5.69 Å². The molecule has 2 heterocycles. The normalized spacial score (nSPS) is 11.8. The van der Waals surface area contributed by atoms with Crippen molar-refractivity contribution in [2.75, 3.05) is 5.32 Å². The zero-order chi connectivity index (χ0) is 19.6. The van der Waals surface area contributed by atoms with E-state index >= 15 is 0 Å². The number of nitrogens with one attached hydrogen (secondary N) is 2. The number of aromatic nitrogens is 2. The van der Waals surface area contributed by atoms with Gasteiger partial charge in [-0.1, -0.05) is 18.2 Å². The molecule has 0 saturated heterocycles. The zero-order valence-electron chi connectivity index (χ0n) is 15.2. The van der Waals surface area contributed by atoms with Gasteiger partial charge in [-0.05, 0) is 32.0 Å². The predicted octanol–water partition coefficient (Wildman–Crippen LogP) is 1.83. The Morgan fingerprint density at radius 3 is 2.48 bits per heavy atom. The molecule has 0 radical (unpaired) electrons. The molecule has 1 aromatic carbocycles. The van der Waals surface area contributed by atoms with E-state index in [1.54, 1.807) is 37.7 Å². The van der Waals surface area contributed by atoms with Gasteiger partial charge in [0.2, 0.25) is 5.91 Å². The minimum absolute atomic E-state index is 0.177. The average Bonchev–Trinajstić information content (AvgIpc) is 3.26. The topological polar surface area (TPSA) is 98.3 Å². The molecule has 2 amide bonds. The molecule has 0 aliphatic carbocycles. The molecule has 0 saturated carbocycles. The predicted molar refractivity (Wildman–Crippen MR) is 100 cm³/mol. The molecule has 8 heteroatoms. The van der Waals surface area contributed by atoms with Gasteiger partial charge in [-0.3, -0.25) is 19.1 Å². The van der Waals surface area contributed by atoms with Crippen LogP contribution in [0.4, 0.5) is 5.69 Å². The van der Waals surface area contributed by atoms with Crippen LogP contribution in [0.1, 0.15) is 23.0 Å². The van der Waals surface area contributed by atoms with Crippen molar-refractivity contribution < 1.29 is 14.0 Å². The summed E-state index contributed by atoms with van der Waals surface area (Å²) < 4.78 is 8.00. The number of anilines is 1. The van der Waals surface area contributed by atoms with Gasteiger partial charge in [0.15, 0.2) is 0 Å². The van der Waals surface area contributed by atoms with Crippen LogP contribution in [-0.2, 0) is 11.8 Å².